The number of hydrogen-bond donors (Lipinski definition) is 1. The van der Waals surface area contributed by atoms with Crippen LogP contribution in [-0.4, -0.2) is 25.1 Å². The Balaban J connectivity index is 0.00000196. The van der Waals surface area contributed by atoms with Crippen LogP contribution in [0.15, 0.2) is 30.6 Å². The number of hydrogen-bond acceptors (Lipinski definition) is 4. The minimum absolute atomic E-state index is 0. The highest BCUT2D eigenvalue weighted by molar-refractivity contribution is 7.88. The molecule has 0 fully saturated rings. The van der Waals surface area contributed by atoms with Gasteiger partial charge in [0, 0.05) is 0 Å². The number of nitrogens with two attached hydrogens (primary N) is 1. The minimum atomic E-state index is -3.71. The molecule has 0 aliphatic heterocycles. The Labute approximate surface area is 93.7 Å². The number of sulfonamides is 1. The van der Waals surface area contributed by atoms with Crippen LogP contribution in [-0.2, 0) is 10.0 Å². The smallest absolute Gasteiger partial charge is 0.194 e. The van der Waals surface area contributed by atoms with Crippen molar-refractivity contribution in [3.8, 4) is 0 Å². The van der Waals surface area contributed by atoms with Gasteiger partial charge in [-0.15, -0.1) is 12.4 Å². The van der Waals surface area contributed by atoms with Crippen molar-refractivity contribution < 1.29 is 17.8 Å². The summed E-state index contributed by atoms with van der Waals surface area (Å²) in [5.74, 6) is 5.10. The van der Waals surface area contributed by atoms with E-state index in [4.69, 9.17) is 5.84 Å². The van der Waals surface area contributed by atoms with Gasteiger partial charge in [0.05, 0.1) is 18.6 Å². The van der Waals surface area contributed by atoms with Crippen LogP contribution in [0.2, 0.25) is 0 Å². The molecule has 1 heterocycles. The van der Waals surface area contributed by atoms with Crippen molar-refractivity contribution in [1.29, 1.82) is 0 Å². The molecule has 0 aliphatic rings. The molecule has 0 bridgehead atoms. The number of nitrogens with zero attached hydrogens (tertiary/aromatic N) is 2. The summed E-state index contributed by atoms with van der Waals surface area (Å²) in [5, 5.41) is 0. The van der Waals surface area contributed by atoms with Gasteiger partial charge in [0.2, 0.25) is 0 Å². The van der Waals surface area contributed by atoms with Gasteiger partial charge in [0.25, 0.3) is 0 Å². The van der Waals surface area contributed by atoms with Gasteiger partial charge < -0.3 is 0 Å². The summed E-state index contributed by atoms with van der Waals surface area (Å²) in [6.07, 6.45) is 3.68. The Hall–Kier alpha value is -1.18. The maximum Gasteiger partial charge on any atom is 0.532 e. The number of carbonyl (C=O) groups is 1. The van der Waals surface area contributed by atoms with Gasteiger partial charge in [-0.1, -0.05) is 6.07 Å². The van der Waals surface area contributed by atoms with E-state index in [1.807, 2.05) is 0 Å². The van der Waals surface area contributed by atoms with Crippen LogP contribution in [0.5, 0.6) is 0 Å². The Bertz CT molecular complexity index is 434. The number of hydrazine groups is 1. The molecule has 15 heavy (non-hydrogen) atoms. The van der Waals surface area contributed by atoms with Crippen molar-refractivity contribution in [3.05, 3.63) is 30.6 Å². The summed E-state index contributed by atoms with van der Waals surface area (Å²) < 4.78 is 23.1. The van der Waals surface area contributed by atoms with Gasteiger partial charge in [0.1, 0.15) is 0 Å². The fourth-order valence-corrected chi connectivity index (χ4v) is 1.16. The quantitative estimate of drug-likeness (QED) is 0.316. The third-order valence-corrected chi connectivity index (χ3v) is 2.35. The first-order valence-electron chi connectivity index (χ1n) is 3.68. The second kappa shape index (κ2) is 5.06. The van der Waals surface area contributed by atoms with E-state index in [-0.39, 0.29) is 16.8 Å². The standard InChI is InChI=1S/C7H10N3O3S.ClH/c1-14(12,13)10(8)7(11)9-5-3-2-4-6-9;/h2-6H,8H2,1H3;1H/q+1;. The second-order valence-corrected chi connectivity index (χ2v) is 4.48. The fraction of sp³-hybridized carbons (Fsp3) is 0.143. The maximum absolute atomic E-state index is 11.4. The SMILES string of the molecule is CS(=O)(=O)N(N)C(=O)[n+]1ccccc1.Cl. The average molecular weight is 253 g/mol. The lowest BCUT2D eigenvalue weighted by atomic mass is 10.5. The predicted molar refractivity (Wildman–Crippen MR) is 55.5 cm³/mol. The molecule has 6 nitrogen and oxygen atoms in total. The van der Waals surface area contributed by atoms with Crippen LogP contribution in [0.3, 0.4) is 0 Å². The Morgan fingerprint density at radius 1 is 1.27 bits per heavy atom. The summed E-state index contributed by atoms with van der Waals surface area (Å²) in [4.78, 5) is 11.4. The second-order valence-electron chi connectivity index (χ2n) is 2.62. The Kier molecular flexibility index (Phi) is 4.66. The zero-order valence-corrected chi connectivity index (χ0v) is 9.53. The van der Waals surface area contributed by atoms with Gasteiger partial charge in [-0.3, -0.25) is 0 Å². The first-order chi connectivity index (χ1) is 6.43. The van der Waals surface area contributed by atoms with E-state index >= 15 is 0 Å². The van der Waals surface area contributed by atoms with E-state index in [0.29, 0.717) is 0 Å². The zero-order valence-electron chi connectivity index (χ0n) is 7.90. The number of halogens is 1. The topological polar surface area (TPSA) is 84.3 Å². The van der Waals surface area contributed by atoms with Crippen LogP contribution in [0.1, 0.15) is 0 Å². The largest absolute Gasteiger partial charge is 0.532 e. The predicted octanol–water partition coefficient (Wildman–Crippen LogP) is -0.501. The first kappa shape index (κ1) is 13.8. The lowest BCUT2D eigenvalue weighted by molar-refractivity contribution is -0.576. The fourth-order valence-electron chi connectivity index (χ4n) is 0.782. The lowest BCUT2D eigenvalue weighted by Crippen LogP contribution is -2.56. The first-order valence-corrected chi connectivity index (χ1v) is 5.53. The molecule has 0 aliphatic carbocycles. The highest BCUT2D eigenvalue weighted by Gasteiger charge is 2.30. The number of amides is 1. The Morgan fingerprint density at radius 3 is 2.13 bits per heavy atom. The van der Waals surface area contributed by atoms with Crippen molar-refractivity contribution in [2.75, 3.05) is 6.26 Å². The van der Waals surface area contributed by atoms with Gasteiger partial charge in [-0.25, -0.2) is 0 Å². The number of pyridine rings is 1. The molecule has 84 valence electrons. The van der Waals surface area contributed by atoms with Gasteiger partial charge in [-0.05, 0) is 16.5 Å². The number of aromatic nitrogens is 1. The van der Waals surface area contributed by atoms with Crippen molar-refractivity contribution in [2.24, 2.45) is 5.84 Å². The molecular weight excluding hydrogens is 242 g/mol. The van der Waals surface area contributed by atoms with Crippen molar-refractivity contribution >= 4 is 28.5 Å². The van der Waals surface area contributed by atoms with E-state index in [9.17, 15) is 13.2 Å². The molecule has 8 heteroatoms. The van der Waals surface area contributed by atoms with Crippen LogP contribution in [0.25, 0.3) is 0 Å². The molecule has 0 saturated carbocycles. The molecule has 0 radical (unpaired) electrons. The molecule has 0 spiro atoms. The summed E-state index contributed by atoms with van der Waals surface area (Å²) in [6, 6.07) is 4.06. The summed E-state index contributed by atoms with van der Waals surface area (Å²) in [5.41, 5.74) is 0. The normalized spacial score (nSPS) is 10.3. The molecular formula is C7H11ClN3O3S+. The van der Waals surface area contributed by atoms with Crippen molar-refractivity contribution in [3.63, 3.8) is 0 Å². The summed E-state index contributed by atoms with van der Waals surface area (Å²) >= 11 is 0. The number of rotatable bonds is 1. The molecule has 1 aromatic heterocycles. The van der Waals surface area contributed by atoms with Crippen LogP contribution >= 0.6 is 12.4 Å². The molecule has 1 rings (SSSR count). The summed E-state index contributed by atoms with van der Waals surface area (Å²) in [6.45, 7) is 0. The summed E-state index contributed by atoms with van der Waals surface area (Å²) in [7, 11) is -3.71. The van der Waals surface area contributed by atoms with E-state index < -0.39 is 16.1 Å². The average Bonchev–Trinajstić information content (AvgIpc) is 2.15. The molecule has 0 unspecified atom stereocenters. The number of carbonyl (C=O) groups excluding carboxylic acids is 1. The minimum Gasteiger partial charge on any atom is -0.194 e. The molecule has 2 N–H and O–H groups in total. The molecule has 0 atom stereocenters. The maximum atomic E-state index is 11.4. The lowest BCUT2D eigenvalue weighted by Gasteiger charge is -2.04. The van der Waals surface area contributed by atoms with Crippen molar-refractivity contribution in [2.45, 2.75) is 0 Å². The highest BCUT2D eigenvalue weighted by atomic mass is 35.5. The van der Waals surface area contributed by atoms with Crippen molar-refractivity contribution in [1.82, 2.24) is 4.41 Å². The molecule has 0 aromatic carbocycles. The van der Waals surface area contributed by atoms with Crippen LogP contribution in [0, 0.1) is 0 Å². The zero-order chi connectivity index (χ0) is 10.8. The molecule has 1 amide bonds. The van der Waals surface area contributed by atoms with E-state index in [2.05, 4.69) is 0 Å². The van der Waals surface area contributed by atoms with Gasteiger partial charge in [-0.2, -0.15) is 23.6 Å². The Morgan fingerprint density at radius 2 is 1.73 bits per heavy atom. The van der Waals surface area contributed by atoms with Crippen LogP contribution < -0.4 is 10.4 Å². The van der Waals surface area contributed by atoms with E-state index in [1.54, 1.807) is 18.2 Å². The van der Waals surface area contributed by atoms with Gasteiger partial charge in [0.15, 0.2) is 0 Å². The third kappa shape index (κ3) is 3.46. The van der Waals surface area contributed by atoms with E-state index in [1.165, 1.54) is 12.4 Å². The molecule has 0 saturated heterocycles. The van der Waals surface area contributed by atoms with Gasteiger partial charge >= 0.3 is 16.1 Å². The highest BCUT2D eigenvalue weighted by Crippen LogP contribution is 1.89. The van der Waals surface area contributed by atoms with Crippen LogP contribution in [0.4, 0.5) is 4.79 Å². The van der Waals surface area contributed by atoms with E-state index in [0.717, 1.165) is 10.8 Å². The molecule has 1 aromatic rings. The monoisotopic (exact) mass is 252 g/mol. The third-order valence-electron chi connectivity index (χ3n) is 1.48.